The van der Waals surface area contributed by atoms with Crippen LogP contribution in [-0.2, 0) is 4.79 Å². The Labute approximate surface area is 170 Å². The highest BCUT2D eigenvalue weighted by atomic mass is 19.1. The van der Waals surface area contributed by atoms with Crippen molar-refractivity contribution >= 4 is 11.6 Å². The Morgan fingerprint density at radius 3 is 3.00 bits per heavy atom. The second kappa shape index (κ2) is 8.82. The number of rotatable bonds is 7. The lowest BCUT2D eigenvalue weighted by Gasteiger charge is -2.26. The molecule has 2 aliphatic heterocycles. The molecule has 2 aromatic carbocycles. The van der Waals surface area contributed by atoms with E-state index in [1.165, 1.54) is 6.07 Å². The number of nitrogens with one attached hydrogen (secondary N) is 1. The molecule has 4 rings (SSSR count). The van der Waals surface area contributed by atoms with Crippen LogP contribution >= 0.6 is 0 Å². The lowest BCUT2D eigenvalue weighted by molar-refractivity contribution is -0.123. The fourth-order valence-corrected chi connectivity index (χ4v) is 4.13. The van der Waals surface area contributed by atoms with E-state index in [9.17, 15) is 9.18 Å². The molecule has 0 aromatic heterocycles. The Kier molecular flexibility index (Phi) is 6.00. The molecule has 2 aromatic rings. The molecule has 2 heterocycles. The number of likely N-dealkylation sites (tertiary alicyclic amines) is 1. The summed E-state index contributed by atoms with van der Waals surface area (Å²) in [4.78, 5) is 14.4. The van der Waals surface area contributed by atoms with E-state index in [0.29, 0.717) is 24.5 Å². The molecule has 1 saturated heterocycles. The zero-order chi connectivity index (χ0) is 20.2. The van der Waals surface area contributed by atoms with Crippen LogP contribution in [-0.4, -0.2) is 36.6 Å². The van der Waals surface area contributed by atoms with Crippen LogP contribution in [0.5, 0.6) is 11.5 Å². The number of fused-ring (bicyclic) bond motifs is 1. The molecule has 0 aliphatic carbocycles. The van der Waals surface area contributed by atoms with Crippen molar-refractivity contribution in [3.63, 3.8) is 0 Å². The van der Waals surface area contributed by atoms with E-state index in [1.54, 1.807) is 12.1 Å². The summed E-state index contributed by atoms with van der Waals surface area (Å²) in [5.41, 5.74) is 1.71. The fraction of sp³-hybridized carbons (Fsp3) is 0.435. The first-order valence-corrected chi connectivity index (χ1v) is 10.4. The van der Waals surface area contributed by atoms with Gasteiger partial charge in [-0.1, -0.05) is 25.5 Å². The number of hydrogen-bond acceptors (Lipinski definition) is 4. The van der Waals surface area contributed by atoms with Gasteiger partial charge in [0.15, 0.2) is 6.10 Å². The van der Waals surface area contributed by atoms with Gasteiger partial charge in [0, 0.05) is 18.7 Å². The number of nitrogens with zero attached hydrogens (tertiary/aromatic N) is 1. The van der Waals surface area contributed by atoms with Gasteiger partial charge in [0.05, 0.1) is 5.69 Å². The molecule has 5 nitrogen and oxygen atoms in total. The van der Waals surface area contributed by atoms with Gasteiger partial charge in [0.25, 0.3) is 5.91 Å². The molecule has 154 valence electrons. The first-order valence-electron chi connectivity index (χ1n) is 10.4. The number of carbonyl (C=O) groups is 1. The maximum atomic E-state index is 13.6. The fourth-order valence-electron chi connectivity index (χ4n) is 4.13. The van der Waals surface area contributed by atoms with E-state index < -0.39 is 6.10 Å². The number of carbonyl (C=O) groups excluding carboxylic acids is 1. The zero-order valence-electron chi connectivity index (χ0n) is 16.7. The van der Waals surface area contributed by atoms with Crippen molar-refractivity contribution in [3.8, 4) is 11.5 Å². The smallest absolute Gasteiger partial charge is 0.265 e. The van der Waals surface area contributed by atoms with Gasteiger partial charge in [-0.3, -0.25) is 9.69 Å². The van der Waals surface area contributed by atoms with Crippen molar-refractivity contribution in [1.29, 1.82) is 0 Å². The van der Waals surface area contributed by atoms with Crippen LogP contribution in [0.2, 0.25) is 0 Å². The van der Waals surface area contributed by atoms with Gasteiger partial charge in [0.2, 0.25) is 0 Å². The maximum absolute atomic E-state index is 13.6. The summed E-state index contributed by atoms with van der Waals surface area (Å²) in [5.74, 6) is 1.09. The predicted octanol–water partition coefficient (Wildman–Crippen LogP) is 4.54. The topological polar surface area (TPSA) is 50.8 Å². The molecule has 0 spiro atoms. The summed E-state index contributed by atoms with van der Waals surface area (Å²) in [6.07, 6.45) is 3.26. The summed E-state index contributed by atoms with van der Waals surface area (Å²) in [6, 6.07) is 12.6. The van der Waals surface area contributed by atoms with Crippen molar-refractivity contribution in [2.45, 2.75) is 44.8 Å². The minimum atomic E-state index is -0.445. The summed E-state index contributed by atoms with van der Waals surface area (Å²) in [5, 5.41) is 2.89. The van der Waals surface area contributed by atoms with Gasteiger partial charge < -0.3 is 14.8 Å². The van der Waals surface area contributed by atoms with E-state index in [2.05, 4.69) is 10.2 Å². The van der Waals surface area contributed by atoms with E-state index in [1.807, 2.05) is 31.2 Å². The minimum absolute atomic E-state index is 0.0922. The molecule has 0 bridgehead atoms. The molecule has 6 heteroatoms. The third kappa shape index (κ3) is 4.53. The highest BCUT2D eigenvalue weighted by Gasteiger charge is 2.28. The largest absolute Gasteiger partial charge is 0.492 e. The average Bonchev–Trinajstić information content (AvgIpc) is 3.17. The van der Waals surface area contributed by atoms with E-state index in [4.69, 9.17) is 9.47 Å². The Morgan fingerprint density at radius 2 is 2.17 bits per heavy atom. The van der Waals surface area contributed by atoms with Gasteiger partial charge in [-0.05, 0) is 55.6 Å². The molecule has 0 saturated carbocycles. The van der Waals surface area contributed by atoms with Crippen LogP contribution in [0.3, 0.4) is 0 Å². The van der Waals surface area contributed by atoms with Crippen molar-refractivity contribution in [2.75, 3.05) is 25.0 Å². The van der Waals surface area contributed by atoms with Gasteiger partial charge in [-0.15, -0.1) is 0 Å². The molecule has 2 aliphatic rings. The van der Waals surface area contributed by atoms with Crippen molar-refractivity contribution in [2.24, 2.45) is 0 Å². The molecular formula is C23H27FN2O3. The monoisotopic (exact) mass is 398 g/mol. The molecule has 1 N–H and O–H groups in total. The molecule has 2 atom stereocenters. The highest BCUT2D eigenvalue weighted by Crippen LogP contribution is 2.35. The lowest BCUT2D eigenvalue weighted by Crippen LogP contribution is -2.36. The Balaban J connectivity index is 1.35. The number of benzene rings is 2. The van der Waals surface area contributed by atoms with Crippen molar-refractivity contribution in [3.05, 3.63) is 53.8 Å². The highest BCUT2D eigenvalue weighted by molar-refractivity contribution is 5.97. The van der Waals surface area contributed by atoms with Crippen LogP contribution in [0.4, 0.5) is 10.1 Å². The first kappa shape index (κ1) is 19.7. The first-order chi connectivity index (χ1) is 14.1. The van der Waals surface area contributed by atoms with Crippen LogP contribution in [0.25, 0.3) is 0 Å². The summed E-state index contributed by atoms with van der Waals surface area (Å²) < 4.78 is 25.4. The van der Waals surface area contributed by atoms with Gasteiger partial charge in [-0.2, -0.15) is 0 Å². The van der Waals surface area contributed by atoms with Crippen LogP contribution in [0, 0.1) is 5.82 Å². The maximum Gasteiger partial charge on any atom is 0.265 e. The van der Waals surface area contributed by atoms with Crippen LogP contribution < -0.4 is 14.8 Å². The van der Waals surface area contributed by atoms with Crippen molar-refractivity contribution < 1.29 is 18.7 Å². The molecule has 1 amide bonds. The average molecular weight is 398 g/mol. The number of hydrogen-bond donors (Lipinski definition) is 1. The second-order valence-electron chi connectivity index (χ2n) is 7.64. The number of anilines is 1. The molecule has 2 unspecified atom stereocenters. The van der Waals surface area contributed by atoms with Crippen molar-refractivity contribution in [1.82, 2.24) is 4.90 Å². The van der Waals surface area contributed by atoms with E-state index >= 15 is 0 Å². The normalized spacial score (nSPS) is 21.4. The Morgan fingerprint density at radius 1 is 1.28 bits per heavy atom. The molecule has 29 heavy (non-hydrogen) atoms. The molecule has 1 fully saturated rings. The summed E-state index contributed by atoms with van der Waals surface area (Å²) in [6.45, 7) is 4.33. The molecular weight excluding hydrogens is 371 g/mol. The van der Waals surface area contributed by atoms with Gasteiger partial charge in [-0.25, -0.2) is 4.39 Å². The number of amides is 1. The summed E-state index contributed by atoms with van der Waals surface area (Å²) in [7, 11) is 0. The van der Waals surface area contributed by atoms with Crippen LogP contribution in [0.15, 0.2) is 42.5 Å². The Bertz CT molecular complexity index is 873. The quantitative estimate of drug-likeness (QED) is 0.744. The number of ether oxygens (including phenoxy) is 2. The predicted molar refractivity (Wildman–Crippen MR) is 110 cm³/mol. The van der Waals surface area contributed by atoms with Gasteiger partial charge in [0.1, 0.15) is 23.9 Å². The standard InChI is InChI=1S/C23H27FN2O3/c1-2-5-21-23(27)25-19-10-9-18(15-22(19)29-21)28-13-12-26-11-4-8-20(26)16-6-3-7-17(24)14-16/h3,6-7,9-10,14-15,20-21H,2,4-5,8,11-13H2,1H3,(H,25,27). The third-order valence-corrected chi connectivity index (χ3v) is 5.57. The molecule has 0 radical (unpaired) electrons. The van der Waals surface area contributed by atoms with Crippen LogP contribution in [0.1, 0.15) is 44.2 Å². The third-order valence-electron chi connectivity index (χ3n) is 5.57. The van der Waals surface area contributed by atoms with Gasteiger partial charge >= 0.3 is 0 Å². The lowest BCUT2D eigenvalue weighted by atomic mass is 10.0. The van der Waals surface area contributed by atoms with E-state index in [-0.39, 0.29) is 17.8 Å². The Hall–Kier alpha value is -2.60. The van der Waals surface area contributed by atoms with E-state index in [0.717, 1.165) is 43.7 Å². The minimum Gasteiger partial charge on any atom is -0.492 e. The summed E-state index contributed by atoms with van der Waals surface area (Å²) >= 11 is 0. The SMILES string of the molecule is CCCC1Oc2cc(OCCN3CCCC3c3cccc(F)c3)ccc2NC1=O. The zero-order valence-corrected chi connectivity index (χ0v) is 16.7. The number of halogens is 1. The second-order valence-corrected chi connectivity index (χ2v) is 7.64.